The number of likely N-dealkylation sites (tertiary alicyclic amines) is 1. The molecule has 1 N–H and O–H groups in total. The molecule has 1 saturated heterocycles. The van der Waals surface area contributed by atoms with Crippen LogP contribution in [0.4, 0.5) is 0 Å². The van der Waals surface area contributed by atoms with Gasteiger partial charge in [-0.25, -0.2) is 0 Å². The molecule has 0 aromatic heterocycles. The van der Waals surface area contributed by atoms with E-state index in [4.69, 9.17) is 0 Å². The molecule has 0 spiro atoms. The van der Waals surface area contributed by atoms with E-state index in [0.717, 1.165) is 18.5 Å². The number of piperidine rings is 1. The van der Waals surface area contributed by atoms with Gasteiger partial charge in [-0.05, 0) is 50.0 Å². The van der Waals surface area contributed by atoms with E-state index < -0.39 is 0 Å². The molecule has 2 saturated carbocycles. The molecule has 0 aromatic carbocycles. The first-order chi connectivity index (χ1) is 8.81. The number of fused-ring (bicyclic) bond motifs is 2. The second-order valence-corrected chi connectivity index (χ2v) is 7.10. The van der Waals surface area contributed by atoms with E-state index in [1.54, 1.807) is 0 Å². The summed E-state index contributed by atoms with van der Waals surface area (Å²) in [6.07, 6.45) is 11.9. The third-order valence-corrected chi connectivity index (χ3v) is 5.73. The molecule has 2 unspecified atom stereocenters. The van der Waals surface area contributed by atoms with Crippen LogP contribution >= 0.6 is 0 Å². The van der Waals surface area contributed by atoms with Crippen LogP contribution in [-0.2, 0) is 0 Å². The first-order valence-corrected chi connectivity index (χ1v) is 8.26. The molecular weight excluding hydrogens is 220 g/mol. The van der Waals surface area contributed by atoms with Gasteiger partial charge in [0, 0.05) is 25.7 Å². The molecule has 0 amide bonds. The molecule has 2 aliphatic carbocycles. The Kier molecular flexibility index (Phi) is 3.95. The summed E-state index contributed by atoms with van der Waals surface area (Å²) in [5.74, 6) is 1.05. The Morgan fingerprint density at radius 1 is 1.17 bits per heavy atom. The third kappa shape index (κ3) is 2.60. The zero-order valence-electron chi connectivity index (χ0n) is 12.1. The fourth-order valence-corrected chi connectivity index (χ4v) is 4.73. The molecule has 1 heterocycles. The highest BCUT2D eigenvalue weighted by Gasteiger charge is 2.42. The van der Waals surface area contributed by atoms with Crippen LogP contribution in [0.15, 0.2) is 0 Å². The maximum Gasteiger partial charge on any atom is 0.00988 e. The van der Waals surface area contributed by atoms with Crippen LogP contribution in [0.25, 0.3) is 0 Å². The van der Waals surface area contributed by atoms with Gasteiger partial charge in [0.25, 0.3) is 0 Å². The molecule has 1 aliphatic heterocycles. The van der Waals surface area contributed by atoms with Crippen LogP contribution in [0, 0.1) is 11.3 Å². The van der Waals surface area contributed by atoms with Crippen LogP contribution in [0.2, 0.25) is 0 Å². The number of hydrogen-bond acceptors (Lipinski definition) is 2. The molecule has 0 aromatic rings. The van der Waals surface area contributed by atoms with Crippen molar-refractivity contribution in [1.82, 2.24) is 10.2 Å². The van der Waals surface area contributed by atoms with Crippen molar-refractivity contribution in [2.24, 2.45) is 11.3 Å². The van der Waals surface area contributed by atoms with Gasteiger partial charge >= 0.3 is 0 Å². The normalized spacial score (nSPS) is 35.2. The second kappa shape index (κ2) is 5.50. The van der Waals surface area contributed by atoms with E-state index in [0.29, 0.717) is 5.41 Å². The molecule has 3 rings (SSSR count). The highest BCUT2D eigenvalue weighted by molar-refractivity contribution is 4.96. The van der Waals surface area contributed by atoms with Gasteiger partial charge in [-0.1, -0.05) is 26.2 Å². The molecule has 18 heavy (non-hydrogen) atoms. The standard InChI is InChI=1S/C16H30N2/c1-2-17-12-16(8-4-3-5-9-16)13-18-11-14-6-7-15(18)10-14/h14-15,17H,2-13H2,1H3. The van der Waals surface area contributed by atoms with Gasteiger partial charge < -0.3 is 5.32 Å². The molecule has 0 radical (unpaired) electrons. The van der Waals surface area contributed by atoms with Gasteiger partial charge in [0.15, 0.2) is 0 Å². The molecule has 2 atom stereocenters. The van der Waals surface area contributed by atoms with Gasteiger partial charge in [0.2, 0.25) is 0 Å². The Balaban J connectivity index is 1.61. The molecule has 3 fully saturated rings. The largest absolute Gasteiger partial charge is 0.316 e. The van der Waals surface area contributed by atoms with Gasteiger partial charge in [-0.15, -0.1) is 0 Å². The summed E-state index contributed by atoms with van der Waals surface area (Å²) in [5, 5.41) is 3.65. The molecule has 104 valence electrons. The Labute approximate surface area is 113 Å². The van der Waals surface area contributed by atoms with Crippen LogP contribution in [0.1, 0.15) is 58.3 Å². The Morgan fingerprint density at radius 3 is 2.61 bits per heavy atom. The molecule has 3 aliphatic rings. The summed E-state index contributed by atoms with van der Waals surface area (Å²) in [4.78, 5) is 2.86. The van der Waals surface area contributed by atoms with Gasteiger partial charge in [-0.2, -0.15) is 0 Å². The van der Waals surface area contributed by atoms with E-state index in [-0.39, 0.29) is 0 Å². The van der Waals surface area contributed by atoms with Crippen molar-refractivity contribution >= 4 is 0 Å². The van der Waals surface area contributed by atoms with Crippen molar-refractivity contribution < 1.29 is 0 Å². The molecule has 2 nitrogen and oxygen atoms in total. The predicted molar refractivity (Wildman–Crippen MR) is 76.8 cm³/mol. The maximum atomic E-state index is 3.65. The first-order valence-electron chi connectivity index (χ1n) is 8.26. The summed E-state index contributed by atoms with van der Waals surface area (Å²) >= 11 is 0. The van der Waals surface area contributed by atoms with E-state index in [2.05, 4.69) is 17.1 Å². The zero-order valence-corrected chi connectivity index (χ0v) is 12.1. The minimum absolute atomic E-state index is 0.610. The van der Waals surface area contributed by atoms with Crippen molar-refractivity contribution in [1.29, 1.82) is 0 Å². The van der Waals surface area contributed by atoms with Crippen molar-refractivity contribution in [2.75, 3.05) is 26.2 Å². The summed E-state index contributed by atoms with van der Waals surface area (Å²) in [5.41, 5.74) is 0.610. The number of rotatable bonds is 5. The third-order valence-electron chi connectivity index (χ3n) is 5.73. The summed E-state index contributed by atoms with van der Waals surface area (Å²) < 4.78 is 0. The van der Waals surface area contributed by atoms with Crippen LogP contribution in [-0.4, -0.2) is 37.1 Å². The lowest BCUT2D eigenvalue weighted by Gasteiger charge is -2.42. The van der Waals surface area contributed by atoms with Gasteiger partial charge in [-0.3, -0.25) is 4.90 Å². The minimum atomic E-state index is 0.610. The number of nitrogens with zero attached hydrogens (tertiary/aromatic N) is 1. The lowest BCUT2D eigenvalue weighted by Crippen LogP contribution is -2.47. The van der Waals surface area contributed by atoms with E-state index in [1.807, 2.05) is 0 Å². The monoisotopic (exact) mass is 250 g/mol. The van der Waals surface area contributed by atoms with Crippen molar-refractivity contribution in [3.05, 3.63) is 0 Å². The topological polar surface area (TPSA) is 15.3 Å². The predicted octanol–water partition coefficient (Wildman–Crippen LogP) is 3.03. The smallest absolute Gasteiger partial charge is 0.00988 e. The second-order valence-electron chi connectivity index (χ2n) is 7.10. The van der Waals surface area contributed by atoms with E-state index >= 15 is 0 Å². The van der Waals surface area contributed by atoms with Gasteiger partial charge in [0.05, 0.1) is 0 Å². The lowest BCUT2D eigenvalue weighted by atomic mass is 9.73. The van der Waals surface area contributed by atoms with Crippen LogP contribution in [0.5, 0.6) is 0 Å². The molecule has 2 bridgehead atoms. The first kappa shape index (κ1) is 12.9. The highest BCUT2D eigenvalue weighted by Crippen LogP contribution is 2.42. The SMILES string of the molecule is CCNCC1(CN2CC3CCC2C3)CCCCC1. The Morgan fingerprint density at radius 2 is 2.00 bits per heavy atom. The molecule has 2 heteroatoms. The lowest BCUT2D eigenvalue weighted by molar-refractivity contribution is 0.0831. The van der Waals surface area contributed by atoms with Crippen molar-refractivity contribution in [3.63, 3.8) is 0 Å². The number of hydrogen-bond donors (Lipinski definition) is 1. The van der Waals surface area contributed by atoms with E-state index in [9.17, 15) is 0 Å². The minimum Gasteiger partial charge on any atom is -0.316 e. The fraction of sp³-hybridized carbons (Fsp3) is 1.00. The van der Waals surface area contributed by atoms with Crippen LogP contribution in [0.3, 0.4) is 0 Å². The van der Waals surface area contributed by atoms with Crippen LogP contribution < -0.4 is 5.32 Å². The average Bonchev–Trinajstić information content (AvgIpc) is 3.00. The van der Waals surface area contributed by atoms with Crippen molar-refractivity contribution in [3.8, 4) is 0 Å². The Hall–Kier alpha value is -0.0800. The fourth-order valence-electron chi connectivity index (χ4n) is 4.73. The average molecular weight is 250 g/mol. The zero-order chi connectivity index (χ0) is 12.4. The summed E-state index contributed by atoms with van der Waals surface area (Å²) in [7, 11) is 0. The highest BCUT2D eigenvalue weighted by atomic mass is 15.2. The number of nitrogens with one attached hydrogen (secondary N) is 1. The van der Waals surface area contributed by atoms with Crippen molar-refractivity contribution in [2.45, 2.75) is 64.3 Å². The van der Waals surface area contributed by atoms with E-state index in [1.165, 1.54) is 71.0 Å². The van der Waals surface area contributed by atoms with Gasteiger partial charge in [0.1, 0.15) is 0 Å². The molecular formula is C16H30N2. The summed E-state index contributed by atoms with van der Waals surface area (Å²) in [6.45, 7) is 7.44. The quantitative estimate of drug-likeness (QED) is 0.807. The maximum absolute atomic E-state index is 3.65. The Bertz CT molecular complexity index is 270. The summed E-state index contributed by atoms with van der Waals surface area (Å²) in [6, 6.07) is 0.954.